The summed E-state index contributed by atoms with van der Waals surface area (Å²) in [4.78, 5) is 13.1. The van der Waals surface area contributed by atoms with Crippen LogP contribution in [0.5, 0.6) is 0 Å². The van der Waals surface area contributed by atoms with Crippen molar-refractivity contribution in [2.24, 2.45) is 0 Å². The summed E-state index contributed by atoms with van der Waals surface area (Å²) in [7, 11) is -4.01. The Bertz CT molecular complexity index is 1240. The zero-order valence-corrected chi connectivity index (χ0v) is 18.8. The Morgan fingerprint density at radius 2 is 1.50 bits per heavy atom. The first-order valence-corrected chi connectivity index (χ1v) is 12.2. The first-order chi connectivity index (χ1) is 15.5. The minimum atomic E-state index is -4.01. The van der Waals surface area contributed by atoms with Crippen LogP contribution in [-0.4, -0.2) is 27.4 Å². The van der Waals surface area contributed by atoms with Crippen molar-refractivity contribution in [3.63, 3.8) is 0 Å². The van der Waals surface area contributed by atoms with Gasteiger partial charge >= 0.3 is 0 Å². The minimum Gasteiger partial charge on any atom is -0.351 e. The maximum Gasteiger partial charge on any atom is 0.270 e. The van der Waals surface area contributed by atoms with E-state index in [-0.39, 0.29) is 11.4 Å². The summed E-state index contributed by atoms with van der Waals surface area (Å²) in [6.45, 7) is 2.41. The topological polar surface area (TPSA) is 66.5 Å². The molecule has 6 heteroatoms. The number of aryl methyl sites for hydroxylation is 1. The molecule has 1 heterocycles. The van der Waals surface area contributed by atoms with Gasteiger partial charge in [-0.3, -0.25) is 9.10 Å². The lowest BCUT2D eigenvalue weighted by Crippen LogP contribution is -2.41. The Morgan fingerprint density at radius 3 is 2.19 bits per heavy atom. The largest absolute Gasteiger partial charge is 0.351 e. The van der Waals surface area contributed by atoms with Crippen LogP contribution in [0.3, 0.4) is 0 Å². The molecular weight excluding hydrogens is 420 g/mol. The first kappa shape index (κ1) is 21.8. The van der Waals surface area contributed by atoms with Crippen LogP contribution >= 0.6 is 0 Å². The third-order valence-corrected chi connectivity index (χ3v) is 7.48. The summed E-state index contributed by atoms with van der Waals surface area (Å²) >= 11 is 0. The average molecular weight is 447 g/mol. The normalized spacial score (nSPS) is 14.7. The number of anilines is 1. The molecule has 32 heavy (non-hydrogen) atoms. The molecule has 0 atom stereocenters. The monoisotopic (exact) mass is 446 g/mol. The number of carbonyl (C=O) groups excluding carboxylic acids is 1. The predicted octanol–water partition coefficient (Wildman–Crippen LogP) is 4.36. The molecule has 0 fully saturated rings. The highest BCUT2D eigenvalue weighted by Gasteiger charge is 2.40. The SMILES string of the molecule is CCN1c2ccccc2C(c2ccccc2)=C(C(=O)NCCCc2ccccc2)S1(=O)=O. The Balaban J connectivity index is 1.71. The van der Waals surface area contributed by atoms with E-state index in [1.54, 1.807) is 13.0 Å². The number of rotatable bonds is 7. The summed E-state index contributed by atoms with van der Waals surface area (Å²) in [5.41, 5.74) is 3.67. The quantitative estimate of drug-likeness (QED) is 0.548. The maximum absolute atomic E-state index is 13.6. The summed E-state index contributed by atoms with van der Waals surface area (Å²) in [5.74, 6) is -0.565. The van der Waals surface area contributed by atoms with Crippen LogP contribution in [0.25, 0.3) is 5.57 Å². The maximum atomic E-state index is 13.6. The molecule has 1 amide bonds. The van der Waals surface area contributed by atoms with Crippen LogP contribution in [0.2, 0.25) is 0 Å². The molecule has 0 unspecified atom stereocenters. The Kier molecular flexibility index (Phi) is 6.42. The van der Waals surface area contributed by atoms with Gasteiger partial charge in [-0.2, -0.15) is 0 Å². The van der Waals surface area contributed by atoms with E-state index in [0.717, 1.165) is 18.4 Å². The van der Waals surface area contributed by atoms with Gasteiger partial charge in [-0.15, -0.1) is 0 Å². The number of sulfonamides is 1. The Morgan fingerprint density at radius 1 is 0.875 bits per heavy atom. The van der Waals surface area contributed by atoms with Crippen LogP contribution < -0.4 is 9.62 Å². The second kappa shape index (κ2) is 9.40. The van der Waals surface area contributed by atoms with Crippen molar-refractivity contribution in [1.82, 2.24) is 5.32 Å². The summed E-state index contributed by atoms with van der Waals surface area (Å²) < 4.78 is 28.5. The van der Waals surface area contributed by atoms with Gasteiger partial charge in [-0.05, 0) is 37.0 Å². The van der Waals surface area contributed by atoms with Gasteiger partial charge in [-0.1, -0.05) is 78.9 Å². The van der Waals surface area contributed by atoms with E-state index in [1.165, 1.54) is 9.87 Å². The highest BCUT2D eigenvalue weighted by Crippen LogP contribution is 2.42. The number of amides is 1. The molecule has 1 N–H and O–H groups in total. The van der Waals surface area contributed by atoms with Gasteiger partial charge in [0.2, 0.25) is 0 Å². The van der Waals surface area contributed by atoms with E-state index in [0.29, 0.717) is 23.4 Å². The molecule has 0 aromatic heterocycles. The van der Waals surface area contributed by atoms with Gasteiger partial charge in [-0.25, -0.2) is 8.42 Å². The summed E-state index contributed by atoms with van der Waals surface area (Å²) in [5, 5.41) is 2.85. The molecule has 3 aromatic carbocycles. The van der Waals surface area contributed by atoms with E-state index in [4.69, 9.17) is 0 Å². The number of benzene rings is 3. The minimum absolute atomic E-state index is 0.191. The molecule has 164 valence electrons. The molecule has 3 aromatic rings. The smallest absolute Gasteiger partial charge is 0.270 e. The number of hydrogen-bond donors (Lipinski definition) is 1. The molecular formula is C26H26N2O3S. The molecule has 0 aliphatic carbocycles. The van der Waals surface area contributed by atoms with Gasteiger partial charge in [0.25, 0.3) is 15.9 Å². The molecule has 0 radical (unpaired) electrons. The fraction of sp³-hybridized carbons (Fsp3) is 0.192. The number of nitrogens with zero attached hydrogens (tertiary/aromatic N) is 1. The predicted molar refractivity (Wildman–Crippen MR) is 129 cm³/mol. The lowest BCUT2D eigenvalue weighted by molar-refractivity contribution is -0.116. The zero-order chi connectivity index (χ0) is 22.6. The van der Waals surface area contributed by atoms with Gasteiger partial charge < -0.3 is 5.32 Å². The fourth-order valence-corrected chi connectivity index (χ4v) is 5.85. The van der Waals surface area contributed by atoms with Gasteiger partial charge in [0.1, 0.15) is 0 Å². The van der Waals surface area contributed by atoms with E-state index >= 15 is 0 Å². The van der Waals surface area contributed by atoms with Crippen molar-refractivity contribution in [3.8, 4) is 0 Å². The summed E-state index contributed by atoms with van der Waals surface area (Å²) in [6, 6.07) is 26.6. The van der Waals surface area contributed by atoms with E-state index in [1.807, 2.05) is 78.9 Å². The van der Waals surface area contributed by atoms with Crippen molar-refractivity contribution in [3.05, 3.63) is 107 Å². The van der Waals surface area contributed by atoms with Gasteiger partial charge in [0, 0.05) is 24.2 Å². The number of hydrogen-bond acceptors (Lipinski definition) is 3. The molecule has 0 saturated heterocycles. The molecule has 0 spiro atoms. The molecule has 0 saturated carbocycles. The van der Waals surface area contributed by atoms with E-state index < -0.39 is 15.9 Å². The average Bonchev–Trinajstić information content (AvgIpc) is 2.82. The number of nitrogens with one attached hydrogen (secondary N) is 1. The fourth-order valence-electron chi connectivity index (χ4n) is 4.08. The van der Waals surface area contributed by atoms with Crippen molar-refractivity contribution >= 4 is 27.2 Å². The van der Waals surface area contributed by atoms with E-state index in [9.17, 15) is 13.2 Å². The number of carbonyl (C=O) groups is 1. The Labute approximate surface area is 189 Å². The van der Waals surface area contributed by atoms with Gasteiger partial charge in [0.15, 0.2) is 4.91 Å². The van der Waals surface area contributed by atoms with E-state index in [2.05, 4.69) is 5.32 Å². The zero-order valence-electron chi connectivity index (χ0n) is 18.0. The van der Waals surface area contributed by atoms with Crippen LogP contribution in [0, 0.1) is 0 Å². The van der Waals surface area contributed by atoms with Crippen molar-refractivity contribution in [2.75, 3.05) is 17.4 Å². The molecule has 1 aliphatic rings. The second-order valence-electron chi connectivity index (χ2n) is 7.60. The molecule has 5 nitrogen and oxygen atoms in total. The van der Waals surface area contributed by atoms with Crippen molar-refractivity contribution in [1.29, 1.82) is 0 Å². The summed E-state index contributed by atoms with van der Waals surface area (Å²) in [6.07, 6.45) is 1.53. The highest BCUT2D eigenvalue weighted by atomic mass is 32.2. The Hall–Kier alpha value is -3.38. The van der Waals surface area contributed by atoms with Crippen molar-refractivity contribution < 1.29 is 13.2 Å². The lowest BCUT2D eigenvalue weighted by atomic mass is 9.95. The van der Waals surface area contributed by atoms with Crippen LogP contribution in [0.1, 0.15) is 30.0 Å². The second-order valence-corrected chi connectivity index (χ2v) is 9.40. The third-order valence-electron chi connectivity index (χ3n) is 5.54. The standard InChI is InChI=1S/C26H26N2O3S/c1-2-28-23-18-10-9-17-22(23)24(21-15-7-4-8-16-21)25(32(28,30)31)26(29)27-19-11-14-20-12-5-3-6-13-20/h3-10,12-13,15-18H,2,11,14,19H2,1H3,(H,27,29). The number of para-hydroxylation sites is 1. The lowest BCUT2D eigenvalue weighted by Gasteiger charge is -2.32. The molecule has 1 aliphatic heterocycles. The van der Waals surface area contributed by atoms with Crippen LogP contribution in [0.15, 0.2) is 89.8 Å². The first-order valence-electron chi connectivity index (χ1n) is 10.8. The van der Waals surface area contributed by atoms with Crippen LogP contribution in [-0.2, 0) is 21.2 Å². The molecule has 0 bridgehead atoms. The third kappa shape index (κ3) is 4.18. The van der Waals surface area contributed by atoms with Crippen LogP contribution in [0.4, 0.5) is 5.69 Å². The van der Waals surface area contributed by atoms with Crippen molar-refractivity contribution in [2.45, 2.75) is 19.8 Å². The highest BCUT2D eigenvalue weighted by molar-refractivity contribution is 7.97. The van der Waals surface area contributed by atoms with Gasteiger partial charge in [0.05, 0.1) is 5.69 Å². The molecule has 4 rings (SSSR count). The number of fused-ring (bicyclic) bond motifs is 1.